The van der Waals surface area contributed by atoms with Crippen molar-refractivity contribution in [2.75, 3.05) is 0 Å². The Morgan fingerprint density at radius 2 is 2.23 bits per heavy atom. The molecular weight excluding hydrogens is 164 g/mol. The van der Waals surface area contributed by atoms with Gasteiger partial charge >= 0.3 is 0 Å². The van der Waals surface area contributed by atoms with Crippen LogP contribution in [0.25, 0.3) is 6.08 Å². The van der Waals surface area contributed by atoms with E-state index in [1.165, 1.54) is 0 Å². The van der Waals surface area contributed by atoms with Crippen molar-refractivity contribution in [3.05, 3.63) is 41.9 Å². The molecule has 1 aromatic rings. The molecule has 0 aliphatic heterocycles. The van der Waals surface area contributed by atoms with Gasteiger partial charge in [0.15, 0.2) is 5.78 Å². The van der Waals surface area contributed by atoms with Crippen LogP contribution in [0.15, 0.2) is 40.5 Å². The van der Waals surface area contributed by atoms with E-state index in [2.05, 4.69) is 0 Å². The highest BCUT2D eigenvalue weighted by Gasteiger charge is 1.92. The number of rotatable bonds is 3. The Labute approximate surface area is 77.6 Å². The number of hydrogen-bond acceptors (Lipinski definition) is 2. The Kier molecular flexibility index (Phi) is 3.26. The molecule has 0 bridgehead atoms. The lowest BCUT2D eigenvalue weighted by molar-refractivity contribution is -0.113. The second-order valence-corrected chi connectivity index (χ2v) is 2.78. The van der Waals surface area contributed by atoms with Crippen LogP contribution in [0.4, 0.5) is 0 Å². The summed E-state index contributed by atoms with van der Waals surface area (Å²) in [7, 11) is 0. The molecule has 0 amide bonds. The Morgan fingerprint density at radius 3 is 2.77 bits per heavy atom. The summed E-state index contributed by atoms with van der Waals surface area (Å²) in [5, 5.41) is 0. The Morgan fingerprint density at radius 1 is 1.46 bits per heavy atom. The minimum Gasteiger partial charge on any atom is -0.465 e. The SMILES string of the molecule is CC(=O)/C(C)=C/C=C/c1ccco1. The standard InChI is InChI=1S/C11H12O2/c1-9(10(2)12)5-3-6-11-7-4-8-13-11/h3-8H,1-2H3/b6-3+,9-5+. The van der Waals surface area contributed by atoms with Crippen LogP contribution in [0.3, 0.4) is 0 Å². The molecule has 13 heavy (non-hydrogen) atoms. The first-order valence-electron chi connectivity index (χ1n) is 4.09. The van der Waals surface area contributed by atoms with Crippen LogP contribution in [-0.4, -0.2) is 5.78 Å². The zero-order chi connectivity index (χ0) is 9.68. The van der Waals surface area contributed by atoms with Crippen LogP contribution >= 0.6 is 0 Å². The fourth-order valence-electron chi connectivity index (χ4n) is 0.791. The van der Waals surface area contributed by atoms with Crippen LogP contribution in [0.5, 0.6) is 0 Å². The van der Waals surface area contributed by atoms with E-state index in [1.807, 2.05) is 18.2 Å². The predicted octanol–water partition coefficient (Wildman–Crippen LogP) is 2.83. The summed E-state index contributed by atoms with van der Waals surface area (Å²) in [5.41, 5.74) is 0.739. The van der Waals surface area contributed by atoms with E-state index in [0.717, 1.165) is 11.3 Å². The predicted molar refractivity (Wildman–Crippen MR) is 52.2 cm³/mol. The van der Waals surface area contributed by atoms with Gasteiger partial charge in [-0.05, 0) is 37.6 Å². The van der Waals surface area contributed by atoms with Crippen molar-refractivity contribution in [2.45, 2.75) is 13.8 Å². The van der Waals surface area contributed by atoms with E-state index in [-0.39, 0.29) is 5.78 Å². The molecular formula is C11H12O2. The molecule has 0 fully saturated rings. The molecule has 0 radical (unpaired) electrons. The quantitative estimate of drug-likeness (QED) is 0.523. The summed E-state index contributed by atoms with van der Waals surface area (Å²) in [6, 6.07) is 3.68. The number of hydrogen-bond donors (Lipinski definition) is 0. The third-order valence-corrected chi connectivity index (χ3v) is 1.71. The van der Waals surface area contributed by atoms with Crippen molar-refractivity contribution in [1.82, 2.24) is 0 Å². The molecule has 0 aromatic carbocycles. The van der Waals surface area contributed by atoms with E-state index in [1.54, 1.807) is 32.3 Å². The molecule has 0 aliphatic rings. The first kappa shape index (κ1) is 9.52. The van der Waals surface area contributed by atoms with Gasteiger partial charge in [-0.1, -0.05) is 12.2 Å². The summed E-state index contributed by atoms with van der Waals surface area (Å²) < 4.78 is 5.07. The number of furan rings is 1. The van der Waals surface area contributed by atoms with Crippen molar-refractivity contribution in [3.63, 3.8) is 0 Å². The molecule has 1 aromatic heterocycles. The third kappa shape index (κ3) is 3.11. The monoisotopic (exact) mass is 176 g/mol. The van der Waals surface area contributed by atoms with Gasteiger partial charge in [0.25, 0.3) is 0 Å². The summed E-state index contributed by atoms with van der Waals surface area (Å²) in [6.07, 6.45) is 6.99. The van der Waals surface area contributed by atoms with E-state index < -0.39 is 0 Å². The number of Topliss-reactive ketones (excluding diaryl/α,β-unsaturated/α-hetero) is 1. The topological polar surface area (TPSA) is 30.2 Å². The zero-order valence-electron chi connectivity index (χ0n) is 7.78. The Bertz CT molecular complexity index is 329. The van der Waals surface area contributed by atoms with Crippen LogP contribution in [0.1, 0.15) is 19.6 Å². The van der Waals surface area contributed by atoms with Gasteiger partial charge in [0.1, 0.15) is 5.76 Å². The first-order chi connectivity index (χ1) is 6.20. The van der Waals surface area contributed by atoms with Crippen LogP contribution in [0, 0.1) is 0 Å². The fraction of sp³-hybridized carbons (Fsp3) is 0.182. The van der Waals surface area contributed by atoms with E-state index in [4.69, 9.17) is 4.42 Å². The highest BCUT2D eigenvalue weighted by atomic mass is 16.3. The van der Waals surface area contributed by atoms with E-state index >= 15 is 0 Å². The Hall–Kier alpha value is -1.57. The summed E-state index contributed by atoms with van der Waals surface area (Å²) in [6.45, 7) is 3.33. The van der Waals surface area contributed by atoms with Gasteiger partial charge < -0.3 is 4.42 Å². The van der Waals surface area contributed by atoms with Gasteiger partial charge in [-0.15, -0.1) is 0 Å². The van der Waals surface area contributed by atoms with E-state index in [9.17, 15) is 4.79 Å². The summed E-state index contributed by atoms with van der Waals surface area (Å²) >= 11 is 0. The van der Waals surface area contributed by atoms with Crippen molar-refractivity contribution in [3.8, 4) is 0 Å². The fourth-order valence-corrected chi connectivity index (χ4v) is 0.791. The van der Waals surface area contributed by atoms with Crippen molar-refractivity contribution in [2.24, 2.45) is 0 Å². The van der Waals surface area contributed by atoms with Gasteiger partial charge in [0, 0.05) is 0 Å². The van der Waals surface area contributed by atoms with Crippen molar-refractivity contribution in [1.29, 1.82) is 0 Å². The highest BCUT2D eigenvalue weighted by molar-refractivity contribution is 5.92. The third-order valence-electron chi connectivity index (χ3n) is 1.71. The second kappa shape index (κ2) is 4.45. The van der Waals surface area contributed by atoms with Gasteiger partial charge in [-0.3, -0.25) is 4.79 Å². The van der Waals surface area contributed by atoms with Crippen molar-refractivity contribution >= 4 is 11.9 Å². The molecule has 1 rings (SSSR count). The minimum atomic E-state index is 0.0871. The Balaban J connectivity index is 2.60. The molecule has 0 spiro atoms. The molecule has 0 saturated carbocycles. The minimum absolute atomic E-state index is 0.0871. The lowest BCUT2D eigenvalue weighted by Gasteiger charge is -1.88. The molecule has 1 heterocycles. The summed E-state index contributed by atoms with van der Waals surface area (Å²) in [5.74, 6) is 0.872. The average Bonchev–Trinajstić information content (AvgIpc) is 2.56. The molecule has 0 aliphatic carbocycles. The first-order valence-corrected chi connectivity index (χ1v) is 4.09. The molecule has 2 nitrogen and oxygen atoms in total. The number of allylic oxidation sites excluding steroid dienone is 3. The molecule has 0 saturated heterocycles. The number of carbonyl (C=O) groups excluding carboxylic acids is 1. The highest BCUT2D eigenvalue weighted by Crippen LogP contribution is 2.03. The summed E-state index contributed by atoms with van der Waals surface area (Å²) in [4.78, 5) is 10.8. The lowest BCUT2D eigenvalue weighted by Crippen LogP contribution is -1.89. The molecule has 0 N–H and O–H groups in total. The van der Waals surface area contributed by atoms with Gasteiger partial charge in [-0.25, -0.2) is 0 Å². The molecule has 0 unspecified atom stereocenters. The van der Waals surface area contributed by atoms with Crippen LogP contribution in [0.2, 0.25) is 0 Å². The normalized spacial score (nSPS) is 12.3. The van der Waals surface area contributed by atoms with Gasteiger partial charge in [0.05, 0.1) is 6.26 Å². The van der Waals surface area contributed by atoms with Crippen LogP contribution in [-0.2, 0) is 4.79 Å². The maximum absolute atomic E-state index is 10.8. The lowest BCUT2D eigenvalue weighted by atomic mass is 10.2. The number of carbonyl (C=O) groups is 1. The molecule has 0 atom stereocenters. The number of ketones is 1. The second-order valence-electron chi connectivity index (χ2n) is 2.78. The molecule has 2 heteroatoms. The van der Waals surface area contributed by atoms with Crippen LogP contribution < -0.4 is 0 Å². The zero-order valence-corrected chi connectivity index (χ0v) is 7.78. The van der Waals surface area contributed by atoms with E-state index in [0.29, 0.717) is 0 Å². The van der Waals surface area contributed by atoms with Crippen molar-refractivity contribution < 1.29 is 9.21 Å². The van der Waals surface area contributed by atoms with Gasteiger partial charge in [0.2, 0.25) is 0 Å². The largest absolute Gasteiger partial charge is 0.465 e. The molecule has 68 valence electrons. The smallest absolute Gasteiger partial charge is 0.155 e. The van der Waals surface area contributed by atoms with Gasteiger partial charge in [-0.2, -0.15) is 0 Å². The maximum atomic E-state index is 10.8. The average molecular weight is 176 g/mol. The maximum Gasteiger partial charge on any atom is 0.155 e.